The normalized spacial score (nSPS) is 11.6. The van der Waals surface area contributed by atoms with E-state index < -0.39 is 0 Å². The summed E-state index contributed by atoms with van der Waals surface area (Å²) < 4.78 is 0. The summed E-state index contributed by atoms with van der Waals surface area (Å²) >= 11 is 0. The molecule has 12 heavy (non-hydrogen) atoms. The Hall–Kier alpha value is -1.06. The van der Waals surface area contributed by atoms with Gasteiger partial charge in [-0.2, -0.15) is 10.5 Å². The van der Waals surface area contributed by atoms with Gasteiger partial charge in [0.15, 0.2) is 0 Å². The Bertz CT molecular complexity index is 175. The molecule has 0 aromatic carbocycles. The summed E-state index contributed by atoms with van der Waals surface area (Å²) in [6.45, 7) is 2.83. The fourth-order valence-corrected chi connectivity index (χ4v) is 0.945. The van der Waals surface area contributed by atoms with Gasteiger partial charge in [-0.3, -0.25) is 0 Å². The van der Waals surface area contributed by atoms with E-state index in [1.165, 1.54) is 0 Å². The highest BCUT2D eigenvalue weighted by molar-refractivity contribution is 4.89. The molecule has 0 spiro atoms. The lowest BCUT2D eigenvalue weighted by atomic mass is 10.2. The maximum atomic E-state index is 8.64. The summed E-state index contributed by atoms with van der Waals surface area (Å²) in [7, 11) is 0. The van der Waals surface area contributed by atoms with Crippen LogP contribution in [0.3, 0.4) is 0 Å². The average Bonchev–Trinajstić information content (AvgIpc) is 2.10. The van der Waals surface area contributed by atoms with Crippen LogP contribution in [0.5, 0.6) is 0 Å². The van der Waals surface area contributed by atoms with Gasteiger partial charge in [0.25, 0.3) is 0 Å². The highest BCUT2D eigenvalue weighted by Gasteiger charge is 2.02. The Morgan fingerprint density at radius 3 is 2.67 bits per heavy atom. The van der Waals surface area contributed by atoms with Crippen molar-refractivity contribution in [3.05, 3.63) is 0 Å². The highest BCUT2D eigenvalue weighted by atomic mass is 14.9. The van der Waals surface area contributed by atoms with Gasteiger partial charge in [0.1, 0.15) is 0 Å². The highest BCUT2D eigenvalue weighted by Crippen LogP contribution is 1.95. The lowest BCUT2D eigenvalue weighted by Gasteiger charge is -2.08. The van der Waals surface area contributed by atoms with Gasteiger partial charge < -0.3 is 5.32 Å². The molecular formula is C9H15N3. The van der Waals surface area contributed by atoms with Gasteiger partial charge in [-0.05, 0) is 19.4 Å². The minimum absolute atomic E-state index is 0.0336. The molecule has 0 saturated heterocycles. The van der Waals surface area contributed by atoms with Crippen LogP contribution in [-0.2, 0) is 0 Å². The van der Waals surface area contributed by atoms with E-state index in [0.717, 1.165) is 25.8 Å². The van der Waals surface area contributed by atoms with Crippen molar-refractivity contribution in [1.29, 1.82) is 10.5 Å². The minimum Gasteiger partial charge on any atom is -0.302 e. The third-order valence-corrected chi connectivity index (χ3v) is 1.59. The van der Waals surface area contributed by atoms with Crippen LogP contribution in [0.25, 0.3) is 0 Å². The smallest absolute Gasteiger partial charge is 0.0952 e. The van der Waals surface area contributed by atoms with Crippen LogP contribution in [0.1, 0.15) is 32.6 Å². The zero-order chi connectivity index (χ0) is 9.23. The van der Waals surface area contributed by atoms with Crippen molar-refractivity contribution < 1.29 is 0 Å². The van der Waals surface area contributed by atoms with Crippen LogP contribution in [0, 0.1) is 22.7 Å². The Morgan fingerprint density at radius 2 is 2.17 bits per heavy atom. The van der Waals surface area contributed by atoms with E-state index in [2.05, 4.69) is 24.4 Å². The maximum absolute atomic E-state index is 8.64. The molecule has 0 aliphatic carbocycles. The molecule has 1 N–H and O–H groups in total. The first-order valence-electron chi connectivity index (χ1n) is 4.35. The average molecular weight is 165 g/mol. The van der Waals surface area contributed by atoms with Crippen molar-refractivity contribution in [2.75, 3.05) is 6.54 Å². The molecule has 0 rings (SSSR count). The van der Waals surface area contributed by atoms with Crippen LogP contribution in [-0.4, -0.2) is 12.6 Å². The van der Waals surface area contributed by atoms with Gasteiger partial charge in [0.05, 0.1) is 18.2 Å². The molecular weight excluding hydrogens is 150 g/mol. The standard InChI is InChI=1S/C9H15N3/c1-2-5-9(8-11)12-7-4-3-6-10/h9,12H,2-5,7H2,1H3. The molecule has 0 aliphatic heterocycles. The van der Waals surface area contributed by atoms with Crippen LogP contribution >= 0.6 is 0 Å². The second-order valence-corrected chi connectivity index (χ2v) is 2.69. The number of nitrogens with one attached hydrogen (secondary N) is 1. The molecule has 3 heteroatoms. The van der Waals surface area contributed by atoms with Crippen LogP contribution < -0.4 is 5.32 Å². The van der Waals surface area contributed by atoms with Gasteiger partial charge in [0, 0.05) is 6.42 Å². The summed E-state index contributed by atoms with van der Waals surface area (Å²) in [4.78, 5) is 0. The van der Waals surface area contributed by atoms with Gasteiger partial charge in [0.2, 0.25) is 0 Å². The molecule has 3 nitrogen and oxygen atoms in total. The maximum Gasteiger partial charge on any atom is 0.0952 e. The van der Waals surface area contributed by atoms with Crippen molar-refractivity contribution in [3.8, 4) is 12.1 Å². The molecule has 0 fully saturated rings. The molecule has 0 aromatic rings. The molecule has 66 valence electrons. The van der Waals surface area contributed by atoms with Gasteiger partial charge in [-0.15, -0.1) is 0 Å². The Morgan fingerprint density at radius 1 is 1.42 bits per heavy atom. The summed E-state index contributed by atoms with van der Waals surface area (Å²) in [5.41, 5.74) is 0. The number of unbranched alkanes of at least 4 members (excludes halogenated alkanes) is 1. The molecule has 0 saturated carbocycles. The van der Waals surface area contributed by atoms with E-state index in [-0.39, 0.29) is 6.04 Å². The Labute approximate surface area is 74.0 Å². The first-order chi connectivity index (χ1) is 5.85. The third-order valence-electron chi connectivity index (χ3n) is 1.59. The molecule has 1 atom stereocenters. The largest absolute Gasteiger partial charge is 0.302 e. The first kappa shape index (κ1) is 10.9. The predicted molar refractivity (Wildman–Crippen MR) is 47.2 cm³/mol. The molecule has 1 unspecified atom stereocenters. The fraction of sp³-hybridized carbons (Fsp3) is 0.778. The SMILES string of the molecule is CCCC(C#N)NCCCC#N. The summed E-state index contributed by atoms with van der Waals surface area (Å²) in [5.74, 6) is 0. The van der Waals surface area contributed by atoms with Crippen molar-refractivity contribution in [2.45, 2.75) is 38.6 Å². The Kier molecular flexibility index (Phi) is 7.33. The summed E-state index contributed by atoms with van der Waals surface area (Å²) in [5, 5.41) is 20.0. The molecule has 0 bridgehead atoms. The minimum atomic E-state index is -0.0336. The van der Waals surface area contributed by atoms with Gasteiger partial charge in [-0.25, -0.2) is 0 Å². The number of nitrogens with zero attached hydrogens (tertiary/aromatic N) is 2. The van der Waals surface area contributed by atoms with Crippen LogP contribution in [0.2, 0.25) is 0 Å². The van der Waals surface area contributed by atoms with Crippen molar-refractivity contribution in [3.63, 3.8) is 0 Å². The van der Waals surface area contributed by atoms with Crippen molar-refractivity contribution >= 4 is 0 Å². The van der Waals surface area contributed by atoms with Crippen molar-refractivity contribution in [1.82, 2.24) is 5.32 Å². The number of hydrogen-bond acceptors (Lipinski definition) is 3. The lowest BCUT2D eigenvalue weighted by Crippen LogP contribution is -2.28. The van der Waals surface area contributed by atoms with E-state index >= 15 is 0 Å². The van der Waals surface area contributed by atoms with Gasteiger partial charge in [-0.1, -0.05) is 13.3 Å². The quantitative estimate of drug-likeness (QED) is 0.608. The lowest BCUT2D eigenvalue weighted by molar-refractivity contribution is 0.549. The zero-order valence-electron chi connectivity index (χ0n) is 7.51. The second kappa shape index (κ2) is 8.04. The molecule has 0 amide bonds. The number of rotatable bonds is 6. The fourth-order valence-electron chi connectivity index (χ4n) is 0.945. The third kappa shape index (κ3) is 5.70. The number of nitriles is 2. The second-order valence-electron chi connectivity index (χ2n) is 2.69. The Balaban J connectivity index is 3.34. The first-order valence-corrected chi connectivity index (χ1v) is 4.35. The van der Waals surface area contributed by atoms with Crippen LogP contribution in [0.4, 0.5) is 0 Å². The zero-order valence-corrected chi connectivity index (χ0v) is 7.51. The van der Waals surface area contributed by atoms with E-state index in [4.69, 9.17) is 10.5 Å². The van der Waals surface area contributed by atoms with E-state index in [0.29, 0.717) is 6.42 Å². The number of hydrogen-bond donors (Lipinski definition) is 1. The molecule has 0 radical (unpaired) electrons. The van der Waals surface area contributed by atoms with Crippen LogP contribution in [0.15, 0.2) is 0 Å². The molecule has 0 heterocycles. The van der Waals surface area contributed by atoms with Crippen molar-refractivity contribution in [2.24, 2.45) is 0 Å². The van der Waals surface area contributed by atoms with E-state index in [1.807, 2.05) is 0 Å². The molecule has 0 aliphatic rings. The topological polar surface area (TPSA) is 59.6 Å². The predicted octanol–water partition coefficient (Wildman–Crippen LogP) is 1.57. The van der Waals surface area contributed by atoms with E-state index in [1.54, 1.807) is 0 Å². The summed E-state index contributed by atoms with van der Waals surface area (Å²) in [6, 6.07) is 4.22. The van der Waals surface area contributed by atoms with Gasteiger partial charge >= 0.3 is 0 Å². The molecule has 0 aromatic heterocycles. The monoisotopic (exact) mass is 165 g/mol. The summed E-state index contributed by atoms with van der Waals surface area (Å²) in [6.07, 6.45) is 3.31. The van der Waals surface area contributed by atoms with E-state index in [9.17, 15) is 0 Å².